The van der Waals surface area contributed by atoms with E-state index in [2.05, 4.69) is 14.8 Å². The van der Waals surface area contributed by atoms with Crippen LogP contribution in [0.4, 0.5) is 0 Å². The van der Waals surface area contributed by atoms with Crippen molar-refractivity contribution in [3.05, 3.63) is 41.5 Å². The summed E-state index contributed by atoms with van der Waals surface area (Å²) in [6.07, 6.45) is 8.38. The number of carbonyl (C=O) groups is 1. The molecule has 0 fully saturated rings. The lowest BCUT2D eigenvalue weighted by atomic mass is 9.97. The van der Waals surface area contributed by atoms with E-state index in [0.717, 1.165) is 30.5 Å². The number of hydrogen-bond donors (Lipinski definition) is 1. The van der Waals surface area contributed by atoms with Gasteiger partial charge in [0.25, 0.3) is 0 Å². The van der Waals surface area contributed by atoms with Crippen LogP contribution in [-0.4, -0.2) is 20.5 Å². The maximum atomic E-state index is 11.7. The lowest BCUT2D eigenvalue weighted by Gasteiger charge is -2.14. The average Bonchev–Trinajstić information content (AvgIpc) is 2.90. The Bertz CT molecular complexity index is 510. The summed E-state index contributed by atoms with van der Waals surface area (Å²) >= 11 is 0. The van der Waals surface area contributed by atoms with Crippen LogP contribution in [0.2, 0.25) is 0 Å². The molecule has 0 saturated heterocycles. The molecule has 16 heavy (non-hydrogen) atoms. The van der Waals surface area contributed by atoms with Crippen LogP contribution in [0, 0.1) is 0 Å². The molecular weight excluding hydrogens is 202 g/mol. The fourth-order valence-electron chi connectivity index (χ4n) is 2.30. The van der Waals surface area contributed by atoms with Crippen LogP contribution < -0.4 is 0 Å². The number of hydrogen-bond acceptors (Lipinski definition) is 2. The summed E-state index contributed by atoms with van der Waals surface area (Å²) in [5.74, 6) is 0.284. The number of nitrogens with zero attached hydrogens (tertiary/aromatic N) is 2. The van der Waals surface area contributed by atoms with Gasteiger partial charge >= 0.3 is 0 Å². The van der Waals surface area contributed by atoms with Crippen LogP contribution in [0.1, 0.15) is 34.5 Å². The molecule has 1 N–H and O–H groups in total. The second-order valence-corrected chi connectivity index (χ2v) is 4.19. The first-order valence-electron chi connectivity index (χ1n) is 5.53. The van der Waals surface area contributed by atoms with E-state index in [1.54, 1.807) is 0 Å². The van der Waals surface area contributed by atoms with Gasteiger partial charge in [-0.1, -0.05) is 0 Å². The third kappa shape index (κ3) is 1.46. The SMILES string of the molecule is O=C1CCCc2c1ccn2Cc1cn[nH]c1. The monoisotopic (exact) mass is 215 g/mol. The summed E-state index contributed by atoms with van der Waals surface area (Å²) in [6.45, 7) is 0.791. The number of carbonyl (C=O) groups excluding carboxylic acids is 1. The highest BCUT2D eigenvalue weighted by Gasteiger charge is 2.20. The van der Waals surface area contributed by atoms with Crippen LogP contribution in [0.5, 0.6) is 0 Å². The van der Waals surface area contributed by atoms with Crippen molar-refractivity contribution in [2.24, 2.45) is 0 Å². The van der Waals surface area contributed by atoms with E-state index in [0.29, 0.717) is 6.42 Å². The van der Waals surface area contributed by atoms with Gasteiger partial charge in [-0.25, -0.2) is 0 Å². The second kappa shape index (κ2) is 3.63. The molecule has 4 nitrogen and oxygen atoms in total. The number of fused-ring (bicyclic) bond motifs is 1. The third-order valence-corrected chi connectivity index (χ3v) is 3.10. The Balaban J connectivity index is 1.94. The number of nitrogens with one attached hydrogen (secondary N) is 1. The third-order valence-electron chi connectivity index (χ3n) is 3.10. The number of H-pyrrole nitrogens is 1. The molecule has 2 aromatic rings. The molecule has 0 amide bonds. The number of aromatic nitrogens is 3. The average molecular weight is 215 g/mol. The standard InChI is InChI=1S/C12H13N3O/c16-12-3-1-2-11-10(12)4-5-15(11)8-9-6-13-14-7-9/h4-7H,1-3,8H2,(H,13,14). The van der Waals surface area contributed by atoms with Gasteiger partial charge in [0.1, 0.15) is 0 Å². The fourth-order valence-corrected chi connectivity index (χ4v) is 2.30. The van der Waals surface area contributed by atoms with Crippen molar-refractivity contribution in [3.8, 4) is 0 Å². The highest BCUT2D eigenvalue weighted by molar-refractivity contribution is 5.98. The first-order valence-corrected chi connectivity index (χ1v) is 5.53. The summed E-state index contributed by atoms with van der Waals surface area (Å²) in [5.41, 5.74) is 3.23. The predicted octanol–water partition coefficient (Wildman–Crippen LogP) is 1.78. The Morgan fingerprint density at radius 3 is 3.19 bits per heavy atom. The van der Waals surface area contributed by atoms with Gasteiger partial charge in [0, 0.05) is 35.6 Å². The molecule has 3 rings (SSSR count). The summed E-state index contributed by atoms with van der Waals surface area (Å²) in [4.78, 5) is 11.7. The lowest BCUT2D eigenvalue weighted by molar-refractivity contribution is 0.0972. The van der Waals surface area contributed by atoms with E-state index in [1.807, 2.05) is 24.7 Å². The van der Waals surface area contributed by atoms with Crippen LogP contribution in [-0.2, 0) is 13.0 Å². The minimum atomic E-state index is 0.284. The van der Waals surface area contributed by atoms with E-state index in [1.165, 1.54) is 5.69 Å². The molecule has 0 spiro atoms. The molecule has 82 valence electrons. The summed E-state index contributed by atoms with van der Waals surface area (Å²) in [5, 5.41) is 6.73. The van der Waals surface area contributed by atoms with Crippen LogP contribution in [0.3, 0.4) is 0 Å². The maximum absolute atomic E-state index is 11.7. The van der Waals surface area contributed by atoms with Gasteiger partial charge in [-0.05, 0) is 18.9 Å². The largest absolute Gasteiger partial charge is 0.346 e. The number of ketones is 1. The molecule has 0 saturated carbocycles. The molecule has 2 aromatic heterocycles. The Morgan fingerprint density at radius 1 is 1.44 bits per heavy atom. The van der Waals surface area contributed by atoms with E-state index in [-0.39, 0.29) is 5.78 Å². The van der Waals surface area contributed by atoms with Crippen LogP contribution in [0.15, 0.2) is 24.7 Å². The first-order chi connectivity index (χ1) is 7.84. The van der Waals surface area contributed by atoms with Crippen molar-refractivity contribution >= 4 is 5.78 Å². The van der Waals surface area contributed by atoms with Gasteiger partial charge in [0.15, 0.2) is 5.78 Å². The smallest absolute Gasteiger partial charge is 0.164 e. The Morgan fingerprint density at radius 2 is 2.38 bits per heavy atom. The molecule has 0 radical (unpaired) electrons. The maximum Gasteiger partial charge on any atom is 0.164 e. The zero-order valence-corrected chi connectivity index (χ0v) is 8.94. The molecule has 0 aromatic carbocycles. The Hall–Kier alpha value is -1.84. The van der Waals surface area contributed by atoms with Crippen molar-refractivity contribution in [2.75, 3.05) is 0 Å². The molecule has 0 unspecified atom stereocenters. The number of rotatable bonds is 2. The minimum Gasteiger partial charge on any atom is -0.346 e. The molecule has 0 bridgehead atoms. The van der Waals surface area contributed by atoms with E-state index in [4.69, 9.17) is 0 Å². The highest BCUT2D eigenvalue weighted by atomic mass is 16.1. The summed E-state index contributed by atoms with van der Waals surface area (Å²) in [6, 6.07) is 1.94. The van der Waals surface area contributed by atoms with Crippen molar-refractivity contribution < 1.29 is 4.79 Å². The zero-order chi connectivity index (χ0) is 11.0. The predicted molar refractivity (Wildman–Crippen MR) is 59.4 cm³/mol. The molecular formula is C12H13N3O. The van der Waals surface area contributed by atoms with Gasteiger partial charge in [-0.2, -0.15) is 5.10 Å². The van der Waals surface area contributed by atoms with Crippen LogP contribution >= 0.6 is 0 Å². The Labute approximate surface area is 93.3 Å². The van der Waals surface area contributed by atoms with Gasteiger partial charge < -0.3 is 4.57 Å². The Kier molecular flexibility index (Phi) is 2.13. The van der Waals surface area contributed by atoms with Crippen LogP contribution in [0.25, 0.3) is 0 Å². The quantitative estimate of drug-likeness (QED) is 0.830. The summed E-state index contributed by atoms with van der Waals surface area (Å²) < 4.78 is 2.15. The molecule has 1 aliphatic carbocycles. The topological polar surface area (TPSA) is 50.7 Å². The normalized spacial score (nSPS) is 15.1. The molecule has 2 heterocycles. The molecule has 0 aliphatic heterocycles. The fraction of sp³-hybridized carbons (Fsp3) is 0.333. The van der Waals surface area contributed by atoms with Crippen molar-refractivity contribution in [3.63, 3.8) is 0 Å². The van der Waals surface area contributed by atoms with Gasteiger partial charge in [-0.3, -0.25) is 9.89 Å². The van der Waals surface area contributed by atoms with Gasteiger partial charge in [0.05, 0.1) is 12.7 Å². The molecule has 0 atom stereocenters. The molecule has 4 heteroatoms. The molecule has 1 aliphatic rings. The number of aromatic amines is 1. The van der Waals surface area contributed by atoms with Gasteiger partial charge in [0.2, 0.25) is 0 Å². The second-order valence-electron chi connectivity index (χ2n) is 4.19. The van der Waals surface area contributed by atoms with Crippen molar-refractivity contribution in [1.82, 2.24) is 14.8 Å². The van der Waals surface area contributed by atoms with Crippen molar-refractivity contribution in [2.45, 2.75) is 25.8 Å². The number of Topliss-reactive ketones (excluding diaryl/α,β-unsaturated/α-hetero) is 1. The zero-order valence-electron chi connectivity index (χ0n) is 8.94. The van der Waals surface area contributed by atoms with E-state index < -0.39 is 0 Å². The van der Waals surface area contributed by atoms with Crippen molar-refractivity contribution in [1.29, 1.82) is 0 Å². The van der Waals surface area contributed by atoms with E-state index in [9.17, 15) is 4.79 Å². The van der Waals surface area contributed by atoms with E-state index >= 15 is 0 Å². The lowest BCUT2D eigenvalue weighted by Crippen LogP contribution is -2.13. The minimum absolute atomic E-state index is 0.284. The first kappa shape index (κ1) is 9.39. The highest BCUT2D eigenvalue weighted by Crippen LogP contribution is 2.22. The van der Waals surface area contributed by atoms with Gasteiger partial charge in [-0.15, -0.1) is 0 Å². The summed E-state index contributed by atoms with van der Waals surface area (Å²) in [7, 11) is 0.